The molecule has 0 unspecified atom stereocenters. The van der Waals surface area contributed by atoms with Gasteiger partial charge in [0.25, 0.3) is 5.91 Å². The first-order valence-electron chi connectivity index (χ1n) is 9.69. The second-order valence-corrected chi connectivity index (χ2v) is 7.00. The van der Waals surface area contributed by atoms with Crippen LogP contribution in [-0.2, 0) is 16.1 Å². The van der Waals surface area contributed by atoms with Crippen LogP contribution in [0.2, 0.25) is 0 Å². The van der Waals surface area contributed by atoms with E-state index in [1.165, 1.54) is 12.1 Å². The summed E-state index contributed by atoms with van der Waals surface area (Å²) < 4.78 is 20.6. The molecule has 2 N–H and O–H groups in total. The normalized spacial score (nSPS) is 15.9. The van der Waals surface area contributed by atoms with Gasteiger partial charge in [-0.05, 0) is 48.4 Å². The minimum atomic E-state index is -0.868. The van der Waals surface area contributed by atoms with Crippen molar-refractivity contribution in [1.29, 1.82) is 0 Å². The zero-order chi connectivity index (χ0) is 21.1. The van der Waals surface area contributed by atoms with Gasteiger partial charge < -0.3 is 10.1 Å². The van der Waals surface area contributed by atoms with E-state index in [0.29, 0.717) is 30.0 Å². The molecular formula is C22H21FN4O3. The lowest BCUT2D eigenvalue weighted by Gasteiger charge is -2.07. The van der Waals surface area contributed by atoms with Crippen LogP contribution < -0.4 is 10.6 Å². The first-order valence-corrected chi connectivity index (χ1v) is 9.69. The van der Waals surface area contributed by atoms with Crippen LogP contribution in [0.5, 0.6) is 0 Å². The molecule has 0 aliphatic carbocycles. The van der Waals surface area contributed by atoms with Gasteiger partial charge in [0.15, 0.2) is 0 Å². The number of halogens is 1. The summed E-state index contributed by atoms with van der Waals surface area (Å²) in [6.45, 7) is 3.30. The molecule has 0 bridgehead atoms. The number of rotatable bonds is 7. The molecule has 8 heteroatoms. The van der Waals surface area contributed by atoms with Crippen LogP contribution in [0.4, 0.5) is 9.18 Å². The summed E-state index contributed by atoms with van der Waals surface area (Å²) in [5.74, 6) is -0.821. The lowest BCUT2D eigenvalue weighted by Crippen LogP contribution is -2.22. The third-order valence-corrected chi connectivity index (χ3v) is 4.76. The molecule has 1 aliphatic rings. The third-order valence-electron chi connectivity index (χ3n) is 4.76. The largest absolute Gasteiger partial charge is 0.377 e. The highest BCUT2D eigenvalue weighted by atomic mass is 19.1. The smallest absolute Gasteiger partial charge is 0.322 e. The van der Waals surface area contributed by atoms with Crippen molar-refractivity contribution >= 4 is 11.9 Å². The van der Waals surface area contributed by atoms with Gasteiger partial charge in [0.1, 0.15) is 11.9 Å². The van der Waals surface area contributed by atoms with E-state index in [9.17, 15) is 14.0 Å². The zero-order valence-corrected chi connectivity index (χ0v) is 16.4. The Balaban J connectivity index is 1.69. The fraction of sp³-hybridized carbons (Fsp3) is 0.227. The molecule has 1 aromatic heterocycles. The topological polar surface area (TPSA) is 85.2 Å². The van der Waals surface area contributed by atoms with Crippen LogP contribution in [0, 0.1) is 5.82 Å². The molecule has 7 nitrogen and oxygen atoms in total. The molecule has 3 amide bonds. The SMILES string of the molecule is CCCOCc1ccc(-n2cc([C@@H]3NC(=O)NC3=O)c(-c3ccc(F)cc3)n2)cc1. The number of aromatic nitrogens is 2. The van der Waals surface area contributed by atoms with Crippen LogP contribution in [0.25, 0.3) is 16.9 Å². The van der Waals surface area contributed by atoms with E-state index < -0.39 is 18.0 Å². The van der Waals surface area contributed by atoms with E-state index in [1.807, 2.05) is 24.3 Å². The number of imide groups is 1. The Hall–Kier alpha value is -3.52. The van der Waals surface area contributed by atoms with E-state index in [4.69, 9.17) is 4.74 Å². The van der Waals surface area contributed by atoms with Crippen molar-refractivity contribution in [3.05, 3.63) is 71.7 Å². The first kappa shape index (κ1) is 19.8. The van der Waals surface area contributed by atoms with Crippen molar-refractivity contribution in [2.24, 2.45) is 0 Å². The average Bonchev–Trinajstić information content (AvgIpc) is 3.32. The number of hydrogen-bond acceptors (Lipinski definition) is 4. The predicted octanol–water partition coefficient (Wildman–Crippen LogP) is 3.49. The van der Waals surface area contributed by atoms with E-state index >= 15 is 0 Å². The molecule has 1 fully saturated rings. The van der Waals surface area contributed by atoms with Crippen LogP contribution >= 0.6 is 0 Å². The fourth-order valence-electron chi connectivity index (χ4n) is 3.28. The second kappa shape index (κ2) is 8.46. The number of hydrogen-bond donors (Lipinski definition) is 2. The average molecular weight is 408 g/mol. The number of nitrogens with one attached hydrogen (secondary N) is 2. The van der Waals surface area contributed by atoms with Gasteiger partial charge in [-0.15, -0.1) is 0 Å². The predicted molar refractivity (Wildman–Crippen MR) is 108 cm³/mol. The van der Waals surface area contributed by atoms with Crippen molar-refractivity contribution in [3.8, 4) is 16.9 Å². The summed E-state index contributed by atoms with van der Waals surface area (Å²) in [7, 11) is 0. The summed E-state index contributed by atoms with van der Waals surface area (Å²) in [6.07, 6.45) is 2.67. The summed E-state index contributed by atoms with van der Waals surface area (Å²) in [5.41, 5.74) is 3.49. The quantitative estimate of drug-likeness (QED) is 0.463. The minimum absolute atomic E-state index is 0.368. The number of ether oxygens (including phenoxy) is 1. The molecule has 0 radical (unpaired) electrons. The van der Waals surface area contributed by atoms with Crippen LogP contribution in [0.1, 0.15) is 30.5 Å². The fourth-order valence-corrected chi connectivity index (χ4v) is 3.28. The summed E-state index contributed by atoms with van der Waals surface area (Å²) in [4.78, 5) is 23.9. The molecule has 3 aromatic rings. The molecule has 0 spiro atoms. The van der Waals surface area contributed by atoms with Crippen LogP contribution in [0.3, 0.4) is 0 Å². The number of benzene rings is 2. The number of nitrogens with zero attached hydrogens (tertiary/aromatic N) is 2. The first-order chi connectivity index (χ1) is 14.5. The van der Waals surface area contributed by atoms with Gasteiger partial charge in [-0.1, -0.05) is 19.1 Å². The highest BCUT2D eigenvalue weighted by Crippen LogP contribution is 2.30. The molecule has 154 valence electrons. The summed E-state index contributed by atoms with van der Waals surface area (Å²) >= 11 is 0. The highest BCUT2D eigenvalue weighted by Gasteiger charge is 2.34. The maximum Gasteiger partial charge on any atom is 0.322 e. The second-order valence-electron chi connectivity index (χ2n) is 7.00. The Kier molecular flexibility index (Phi) is 5.58. The van der Waals surface area contributed by atoms with Gasteiger partial charge >= 0.3 is 6.03 Å². The van der Waals surface area contributed by atoms with E-state index in [-0.39, 0.29) is 5.82 Å². The highest BCUT2D eigenvalue weighted by molar-refractivity contribution is 6.05. The van der Waals surface area contributed by atoms with Gasteiger partial charge in [-0.25, -0.2) is 13.9 Å². The Morgan fingerprint density at radius 2 is 1.83 bits per heavy atom. The number of urea groups is 1. The molecule has 1 saturated heterocycles. The molecule has 2 aromatic carbocycles. The molecule has 30 heavy (non-hydrogen) atoms. The number of carbonyl (C=O) groups is 2. The van der Waals surface area contributed by atoms with Crippen molar-refractivity contribution < 1.29 is 18.7 Å². The van der Waals surface area contributed by atoms with Crippen molar-refractivity contribution in [1.82, 2.24) is 20.4 Å². The van der Waals surface area contributed by atoms with E-state index in [1.54, 1.807) is 23.0 Å². The van der Waals surface area contributed by atoms with E-state index in [0.717, 1.165) is 17.7 Å². The number of amides is 3. The molecule has 1 atom stereocenters. The van der Waals surface area contributed by atoms with Crippen LogP contribution in [-0.4, -0.2) is 28.3 Å². The summed E-state index contributed by atoms with van der Waals surface area (Å²) in [6, 6.07) is 12.1. The Morgan fingerprint density at radius 3 is 2.47 bits per heavy atom. The summed E-state index contributed by atoms with van der Waals surface area (Å²) in [5, 5.41) is 9.46. The van der Waals surface area contributed by atoms with Gasteiger partial charge in [0, 0.05) is 23.9 Å². The standard InChI is InChI=1S/C22H21FN4O3/c1-2-11-30-13-14-3-9-17(10-4-14)27-12-18(20-21(28)25-22(29)24-20)19(26-27)15-5-7-16(23)8-6-15/h3-10,12,20H,2,11,13H2,1H3,(H2,24,25,28,29)/t20-/m0/s1. The van der Waals surface area contributed by atoms with Crippen molar-refractivity contribution in [2.45, 2.75) is 26.0 Å². The van der Waals surface area contributed by atoms with Gasteiger partial charge in [-0.3, -0.25) is 10.1 Å². The zero-order valence-electron chi connectivity index (χ0n) is 16.4. The van der Waals surface area contributed by atoms with Gasteiger partial charge in [0.05, 0.1) is 18.0 Å². The van der Waals surface area contributed by atoms with Crippen LogP contribution in [0.15, 0.2) is 54.7 Å². The van der Waals surface area contributed by atoms with Gasteiger partial charge in [-0.2, -0.15) is 5.10 Å². The number of carbonyl (C=O) groups excluding carboxylic acids is 2. The lowest BCUT2D eigenvalue weighted by atomic mass is 10.0. The minimum Gasteiger partial charge on any atom is -0.377 e. The Morgan fingerprint density at radius 1 is 1.10 bits per heavy atom. The molecule has 2 heterocycles. The van der Waals surface area contributed by atoms with Crippen molar-refractivity contribution in [2.75, 3.05) is 6.61 Å². The van der Waals surface area contributed by atoms with E-state index in [2.05, 4.69) is 22.7 Å². The molecule has 0 saturated carbocycles. The Labute approximate surface area is 172 Å². The molecule has 4 rings (SSSR count). The monoisotopic (exact) mass is 408 g/mol. The Bertz CT molecular complexity index is 1060. The van der Waals surface area contributed by atoms with Gasteiger partial charge in [0.2, 0.25) is 0 Å². The maximum absolute atomic E-state index is 13.4. The maximum atomic E-state index is 13.4. The molecular weight excluding hydrogens is 387 g/mol. The lowest BCUT2D eigenvalue weighted by molar-refractivity contribution is -0.120. The third kappa shape index (κ3) is 4.08. The molecule has 1 aliphatic heterocycles. The van der Waals surface area contributed by atoms with Crippen molar-refractivity contribution in [3.63, 3.8) is 0 Å².